The van der Waals surface area contributed by atoms with Crippen LogP contribution in [0.3, 0.4) is 0 Å². The second-order valence-corrected chi connectivity index (χ2v) is 7.98. The Morgan fingerprint density at radius 2 is 1.67 bits per heavy atom. The summed E-state index contributed by atoms with van der Waals surface area (Å²) in [5, 5.41) is 3.50. The van der Waals surface area contributed by atoms with Gasteiger partial charge in [-0.3, -0.25) is 4.99 Å². The van der Waals surface area contributed by atoms with Gasteiger partial charge in [0.1, 0.15) is 6.10 Å². The van der Waals surface area contributed by atoms with Crippen molar-refractivity contribution >= 4 is 5.96 Å². The standard InChI is InChI=1S/C25H33N3O2/c1-2-26-25(28-15-17-30-24(19-28)23-14-9-16-29-23)27-18-22(20-10-5-3-6-11-20)21-12-7-4-8-13-21/h3-8,10-13,22-24H,2,9,14-19H2,1H3,(H,26,27). The topological polar surface area (TPSA) is 46.1 Å². The lowest BCUT2D eigenvalue weighted by Crippen LogP contribution is -2.53. The highest BCUT2D eigenvalue weighted by Crippen LogP contribution is 2.25. The number of hydrogen-bond acceptors (Lipinski definition) is 3. The van der Waals surface area contributed by atoms with E-state index in [0.717, 1.165) is 51.6 Å². The fourth-order valence-corrected chi connectivity index (χ4v) is 4.37. The number of benzene rings is 2. The molecule has 0 spiro atoms. The summed E-state index contributed by atoms with van der Waals surface area (Å²) in [6.45, 7) is 6.94. The van der Waals surface area contributed by atoms with Crippen molar-refractivity contribution in [1.29, 1.82) is 0 Å². The lowest BCUT2D eigenvalue weighted by atomic mass is 9.91. The molecule has 2 saturated heterocycles. The van der Waals surface area contributed by atoms with E-state index in [4.69, 9.17) is 14.5 Å². The molecule has 2 aromatic carbocycles. The quantitative estimate of drug-likeness (QED) is 0.586. The van der Waals surface area contributed by atoms with Crippen molar-refractivity contribution in [3.63, 3.8) is 0 Å². The van der Waals surface area contributed by atoms with Crippen LogP contribution in [0, 0.1) is 0 Å². The Kier molecular flexibility index (Phi) is 7.38. The molecule has 2 aliphatic rings. The van der Waals surface area contributed by atoms with Crippen LogP contribution < -0.4 is 5.32 Å². The molecule has 5 nitrogen and oxygen atoms in total. The summed E-state index contributed by atoms with van der Waals surface area (Å²) in [5.41, 5.74) is 2.59. The van der Waals surface area contributed by atoms with Crippen molar-refractivity contribution < 1.29 is 9.47 Å². The first-order valence-electron chi connectivity index (χ1n) is 11.2. The van der Waals surface area contributed by atoms with Gasteiger partial charge in [-0.2, -0.15) is 0 Å². The normalized spacial score (nSPS) is 22.5. The summed E-state index contributed by atoms with van der Waals surface area (Å²) in [6, 6.07) is 21.3. The third-order valence-corrected chi connectivity index (χ3v) is 5.93. The van der Waals surface area contributed by atoms with Gasteiger partial charge in [0.15, 0.2) is 5.96 Å². The lowest BCUT2D eigenvalue weighted by molar-refractivity contribution is -0.0817. The molecule has 2 unspecified atom stereocenters. The van der Waals surface area contributed by atoms with Crippen molar-refractivity contribution in [2.45, 2.75) is 37.9 Å². The van der Waals surface area contributed by atoms with Gasteiger partial charge in [-0.05, 0) is 30.9 Å². The largest absolute Gasteiger partial charge is 0.375 e. The van der Waals surface area contributed by atoms with Gasteiger partial charge < -0.3 is 19.7 Å². The molecule has 2 aromatic rings. The fraction of sp³-hybridized carbons (Fsp3) is 0.480. The van der Waals surface area contributed by atoms with Crippen LogP contribution in [-0.2, 0) is 9.47 Å². The molecule has 2 aliphatic heterocycles. The van der Waals surface area contributed by atoms with Gasteiger partial charge in [-0.25, -0.2) is 0 Å². The number of nitrogens with one attached hydrogen (secondary N) is 1. The van der Waals surface area contributed by atoms with Crippen LogP contribution in [0.2, 0.25) is 0 Å². The number of guanidine groups is 1. The Hall–Kier alpha value is -2.37. The van der Waals surface area contributed by atoms with Crippen LogP contribution in [0.1, 0.15) is 36.8 Å². The predicted molar refractivity (Wildman–Crippen MR) is 121 cm³/mol. The van der Waals surface area contributed by atoms with Gasteiger partial charge >= 0.3 is 0 Å². The van der Waals surface area contributed by atoms with E-state index >= 15 is 0 Å². The molecular formula is C25H33N3O2. The molecule has 0 saturated carbocycles. The second-order valence-electron chi connectivity index (χ2n) is 7.98. The van der Waals surface area contributed by atoms with Crippen molar-refractivity contribution in [2.75, 3.05) is 39.4 Å². The molecule has 4 rings (SSSR count). The third kappa shape index (κ3) is 5.21. The molecule has 2 fully saturated rings. The molecule has 160 valence electrons. The monoisotopic (exact) mass is 407 g/mol. The van der Waals surface area contributed by atoms with E-state index in [1.54, 1.807) is 0 Å². The first-order valence-corrected chi connectivity index (χ1v) is 11.2. The van der Waals surface area contributed by atoms with Gasteiger partial charge in [0, 0.05) is 32.2 Å². The molecule has 0 aliphatic carbocycles. The van der Waals surface area contributed by atoms with Crippen LogP contribution in [0.5, 0.6) is 0 Å². The molecule has 1 N–H and O–H groups in total. The van der Waals surface area contributed by atoms with Gasteiger partial charge in [-0.15, -0.1) is 0 Å². The van der Waals surface area contributed by atoms with Gasteiger partial charge in [0.25, 0.3) is 0 Å². The molecule has 0 aromatic heterocycles. The zero-order valence-corrected chi connectivity index (χ0v) is 17.9. The van der Waals surface area contributed by atoms with Gasteiger partial charge in [-0.1, -0.05) is 60.7 Å². The molecule has 0 bridgehead atoms. The highest BCUT2D eigenvalue weighted by atomic mass is 16.5. The highest BCUT2D eigenvalue weighted by molar-refractivity contribution is 5.80. The minimum Gasteiger partial charge on any atom is -0.375 e. The first kappa shape index (κ1) is 20.9. The summed E-state index contributed by atoms with van der Waals surface area (Å²) < 4.78 is 11.9. The molecule has 2 heterocycles. The average molecular weight is 408 g/mol. The van der Waals surface area contributed by atoms with E-state index in [-0.39, 0.29) is 18.1 Å². The van der Waals surface area contributed by atoms with Crippen molar-refractivity contribution in [3.05, 3.63) is 71.8 Å². The number of nitrogens with zero attached hydrogens (tertiary/aromatic N) is 2. The Labute approximate surface area is 180 Å². The summed E-state index contributed by atoms with van der Waals surface area (Å²) in [4.78, 5) is 7.43. The lowest BCUT2D eigenvalue weighted by Gasteiger charge is -2.37. The van der Waals surface area contributed by atoms with Crippen LogP contribution >= 0.6 is 0 Å². The number of rotatable bonds is 6. The zero-order chi connectivity index (χ0) is 20.6. The second kappa shape index (κ2) is 10.6. The van der Waals surface area contributed by atoms with Crippen LogP contribution in [0.25, 0.3) is 0 Å². The van der Waals surface area contributed by atoms with Crippen LogP contribution in [0.4, 0.5) is 0 Å². The number of hydrogen-bond donors (Lipinski definition) is 1. The Morgan fingerprint density at radius 1 is 1.00 bits per heavy atom. The van der Waals surface area contributed by atoms with E-state index in [0.29, 0.717) is 6.54 Å². The van der Waals surface area contributed by atoms with E-state index in [2.05, 4.69) is 77.8 Å². The highest BCUT2D eigenvalue weighted by Gasteiger charge is 2.32. The molecule has 0 amide bonds. The van der Waals surface area contributed by atoms with Gasteiger partial charge in [0.05, 0.1) is 19.3 Å². The summed E-state index contributed by atoms with van der Waals surface area (Å²) >= 11 is 0. The van der Waals surface area contributed by atoms with E-state index in [1.165, 1.54) is 11.1 Å². The molecular weight excluding hydrogens is 374 g/mol. The van der Waals surface area contributed by atoms with Crippen molar-refractivity contribution in [2.24, 2.45) is 4.99 Å². The maximum atomic E-state index is 6.04. The average Bonchev–Trinajstić information content (AvgIpc) is 3.35. The maximum Gasteiger partial charge on any atom is 0.194 e. The predicted octanol–water partition coefficient (Wildman–Crippen LogP) is 3.66. The molecule has 2 atom stereocenters. The van der Waals surface area contributed by atoms with Crippen LogP contribution in [-0.4, -0.2) is 62.5 Å². The zero-order valence-electron chi connectivity index (χ0n) is 17.9. The van der Waals surface area contributed by atoms with E-state index in [9.17, 15) is 0 Å². The van der Waals surface area contributed by atoms with E-state index in [1.807, 2.05) is 0 Å². The minimum atomic E-state index is 0.129. The smallest absolute Gasteiger partial charge is 0.194 e. The van der Waals surface area contributed by atoms with Crippen molar-refractivity contribution in [1.82, 2.24) is 10.2 Å². The van der Waals surface area contributed by atoms with Gasteiger partial charge in [0.2, 0.25) is 0 Å². The SMILES string of the molecule is CCNC(=NCC(c1ccccc1)c1ccccc1)N1CCOC(C2CCCO2)C1. The molecule has 5 heteroatoms. The first-order chi connectivity index (χ1) is 14.8. The Balaban J connectivity index is 1.52. The van der Waals surface area contributed by atoms with Crippen LogP contribution in [0.15, 0.2) is 65.7 Å². The van der Waals surface area contributed by atoms with E-state index < -0.39 is 0 Å². The number of aliphatic imine (C=N–C) groups is 1. The number of ether oxygens (including phenoxy) is 2. The Bertz CT molecular complexity index is 751. The summed E-state index contributed by atoms with van der Waals surface area (Å²) in [7, 11) is 0. The van der Waals surface area contributed by atoms with Crippen molar-refractivity contribution in [3.8, 4) is 0 Å². The molecule has 0 radical (unpaired) electrons. The summed E-state index contributed by atoms with van der Waals surface area (Å²) in [6.07, 6.45) is 2.58. The minimum absolute atomic E-state index is 0.129. The maximum absolute atomic E-state index is 6.04. The Morgan fingerprint density at radius 3 is 2.27 bits per heavy atom. The fourth-order valence-electron chi connectivity index (χ4n) is 4.37. The third-order valence-electron chi connectivity index (χ3n) is 5.93. The summed E-state index contributed by atoms with van der Waals surface area (Å²) in [5.74, 6) is 1.21. The molecule has 30 heavy (non-hydrogen) atoms. The number of morpholine rings is 1.